The number of nitrogens with zero attached hydrogens (tertiary/aromatic N) is 2. The van der Waals surface area contributed by atoms with Crippen molar-refractivity contribution < 1.29 is 0 Å². The summed E-state index contributed by atoms with van der Waals surface area (Å²) in [6, 6.07) is 3.40. The molecule has 0 aromatic carbocycles. The summed E-state index contributed by atoms with van der Waals surface area (Å²) in [6.45, 7) is 6.61. The van der Waals surface area contributed by atoms with Gasteiger partial charge in [-0.1, -0.05) is 13.8 Å². The lowest BCUT2D eigenvalue weighted by atomic mass is 9.93. The molecule has 0 spiro atoms. The first-order valence-electron chi connectivity index (χ1n) is 6.57. The van der Waals surface area contributed by atoms with Gasteiger partial charge in [-0.05, 0) is 39.0 Å². The Hall–Kier alpha value is -0.990. The average Bonchev–Trinajstić information content (AvgIpc) is 2.56. The number of aromatic nitrogens is 2. The third-order valence-corrected chi connectivity index (χ3v) is 3.67. The zero-order valence-corrected chi connectivity index (χ0v) is 10.7. The number of nitrogens with one attached hydrogen (secondary N) is 1. The summed E-state index contributed by atoms with van der Waals surface area (Å²) in [5, 5.41) is 8.19. The molecule has 0 unspecified atom stereocenters. The van der Waals surface area contributed by atoms with Gasteiger partial charge in [0.15, 0.2) is 0 Å². The van der Waals surface area contributed by atoms with E-state index in [0.29, 0.717) is 12.1 Å². The van der Waals surface area contributed by atoms with Crippen LogP contribution in [0.2, 0.25) is 0 Å². The van der Waals surface area contributed by atoms with Crippen LogP contribution in [0.3, 0.4) is 0 Å². The molecule has 0 amide bonds. The summed E-state index contributed by atoms with van der Waals surface area (Å²) in [7, 11) is 0. The van der Waals surface area contributed by atoms with E-state index < -0.39 is 0 Å². The molecule has 2 rings (SSSR count). The molecule has 1 saturated carbocycles. The fraction of sp³-hybridized carbons (Fsp3) is 0.769. The lowest BCUT2D eigenvalue weighted by molar-refractivity contribution is 0.416. The Morgan fingerprint density at radius 1 is 1.44 bits per heavy atom. The first-order chi connectivity index (χ1) is 7.74. The maximum atomic E-state index is 4.68. The van der Waals surface area contributed by atoms with Crippen LogP contribution in [-0.4, -0.2) is 15.8 Å². The van der Waals surface area contributed by atoms with E-state index in [9.17, 15) is 0 Å². The van der Waals surface area contributed by atoms with Crippen LogP contribution >= 0.6 is 0 Å². The fourth-order valence-electron chi connectivity index (χ4n) is 2.32. The lowest BCUT2D eigenvalue weighted by Crippen LogP contribution is -2.27. The van der Waals surface area contributed by atoms with E-state index >= 15 is 0 Å². The largest absolute Gasteiger partial charge is 0.366 e. The van der Waals surface area contributed by atoms with Gasteiger partial charge in [0.2, 0.25) is 0 Å². The Labute approximate surface area is 98.2 Å². The van der Waals surface area contributed by atoms with E-state index in [1.807, 2.05) is 0 Å². The van der Waals surface area contributed by atoms with E-state index in [1.54, 1.807) is 0 Å². The van der Waals surface area contributed by atoms with Crippen LogP contribution in [0, 0.1) is 6.92 Å². The molecule has 1 aromatic rings. The molecular formula is C13H23N3. The summed E-state index contributed by atoms with van der Waals surface area (Å²) in [6.07, 6.45) is 6.28. The molecule has 1 aliphatic carbocycles. The van der Waals surface area contributed by atoms with Gasteiger partial charge in [-0.15, -0.1) is 0 Å². The van der Waals surface area contributed by atoms with E-state index in [4.69, 9.17) is 0 Å². The molecule has 0 radical (unpaired) electrons. The lowest BCUT2D eigenvalue weighted by Gasteiger charge is -2.26. The molecule has 90 valence electrons. The molecule has 3 heteroatoms. The van der Waals surface area contributed by atoms with Crippen LogP contribution in [0.1, 0.15) is 57.7 Å². The first kappa shape index (κ1) is 11.5. The third-order valence-electron chi connectivity index (χ3n) is 3.67. The summed E-state index contributed by atoms with van der Waals surface area (Å²) >= 11 is 0. The molecule has 1 N–H and O–H groups in total. The number of anilines is 1. The molecule has 16 heavy (non-hydrogen) atoms. The second-order valence-corrected chi connectivity index (χ2v) is 4.86. The Balaban J connectivity index is 2.07. The number of aryl methyl sites for hydroxylation is 1. The van der Waals surface area contributed by atoms with Crippen molar-refractivity contribution in [3.63, 3.8) is 0 Å². The topological polar surface area (TPSA) is 29.9 Å². The minimum Gasteiger partial charge on any atom is -0.366 e. The van der Waals surface area contributed by atoms with Crippen molar-refractivity contribution in [1.82, 2.24) is 9.78 Å². The second-order valence-electron chi connectivity index (χ2n) is 4.86. The summed E-state index contributed by atoms with van der Waals surface area (Å²) < 4.78 is 2.18. The number of hydrogen-bond donors (Lipinski definition) is 1. The Bertz CT molecular complexity index is 335. The molecule has 1 heterocycles. The van der Waals surface area contributed by atoms with E-state index in [-0.39, 0.29) is 0 Å². The molecule has 1 aromatic heterocycles. The van der Waals surface area contributed by atoms with Crippen LogP contribution in [-0.2, 0) is 0 Å². The average molecular weight is 221 g/mol. The first-order valence-corrected chi connectivity index (χ1v) is 6.57. The van der Waals surface area contributed by atoms with Crippen molar-refractivity contribution in [2.24, 2.45) is 0 Å². The van der Waals surface area contributed by atoms with Gasteiger partial charge < -0.3 is 5.32 Å². The van der Waals surface area contributed by atoms with Gasteiger partial charge in [-0.2, -0.15) is 5.10 Å². The third kappa shape index (κ3) is 2.23. The van der Waals surface area contributed by atoms with Crippen molar-refractivity contribution in [2.75, 3.05) is 5.32 Å². The highest BCUT2D eigenvalue weighted by atomic mass is 15.3. The van der Waals surface area contributed by atoms with Gasteiger partial charge in [-0.25, -0.2) is 0 Å². The van der Waals surface area contributed by atoms with E-state index in [0.717, 1.165) is 18.7 Å². The van der Waals surface area contributed by atoms with Crippen LogP contribution in [0.4, 0.5) is 5.82 Å². The minimum absolute atomic E-state index is 0.553. The van der Waals surface area contributed by atoms with Gasteiger partial charge in [0, 0.05) is 17.8 Å². The number of rotatable bonds is 5. The highest BCUT2D eigenvalue weighted by molar-refractivity contribution is 5.37. The second kappa shape index (κ2) is 4.89. The van der Waals surface area contributed by atoms with Gasteiger partial charge in [-0.3, -0.25) is 4.68 Å². The van der Waals surface area contributed by atoms with Crippen LogP contribution < -0.4 is 5.32 Å². The van der Waals surface area contributed by atoms with Gasteiger partial charge in [0.25, 0.3) is 0 Å². The minimum atomic E-state index is 0.553. The van der Waals surface area contributed by atoms with Gasteiger partial charge >= 0.3 is 0 Å². The summed E-state index contributed by atoms with van der Waals surface area (Å²) in [5.41, 5.74) is 1.27. The van der Waals surface area contributed by atoms with E-state index in [2.05, 4.69) is 41.9 Å². The maximum absolute atomic E-state index is 4.68. The smallest absolute Gasteiger partial charge is 0.148 e. The van der Waals surface area contributed by atoms with Crippen LogP contribution in [0.5, 0.6) is 0 Å². The zero-order valence-electron chi connectivity index (χ0n) is 10.7. The molecule has 0 bridgehead atoms. The molecule has 0 atom stereocenters. The number of hydrogen-bond acceptors (Lipinski definition) is 2. The molecule has 0 aliphatic heterocycles. The Kier molecular flexibility index (Phi) is 3.52. The summed E-state index contributed by atoms with van der Waals surface area (Å²) in [4.78, 5) is 0. The normalized spacial score (nSPS) is 16.5. The molecular weight excluding hydrogens is 198 g/mol. The highest BCUT2D eigenvalue weighted by Gasteiger charge is 2.19. The predicted molar refractivity (Wildman–Crippen MR) is 67.8 cm³/mol. The van der Waals surface area contributed by atoms with Gasteiger partial charge in [0.1, 0.15) is 5.82 Å². The Morgan fingerprint density at radius 2 is 2.12 bits per heavy atom. The monoisotopic (exact) mass is 221 g/mol. The van der Waals surface area contributed by atoms with E-state index in [1.165, 1.54) is 25.0 Å². The Morgan fingerprint density at radius 3 is 2.62 bits per heavy atom. The zero-order chi connectivity index (χ0) is 11.5. The highest BCUT2D eigenvalue weighted by Crippen LogP contribution is 2.25. The summed E-state index contributed by atoms with van der Waals surface area (Å²) in [5.74, 6) is 1.06. The van der Waals surface area contributed by atoms with Crippen molar-refractivity contribution >= 4 is 5.82 Å². The van der Waals surface area contributed by atoms with Crippen LogP contribution in [0.25, 0.3) is 0 Å². The van der Waals surface area contributed by atoms with Crippen molar-refractivity contribution in [3.05, 3.63) is 11.8 Å². The van der Waals surface area contributed by atoms with Crippen LogP contribution in [0.15, 0.2) is 6.07 Å². The van der Waals surface area contributed by atoms with Crippen molar-refractivity contribution in [1.29, 1.82) is 0 Å². The molecule has 1 fully saturated rings. The quantitative estimate of drug-likeness (QED) is 0.824. The molecule has 1 aliphatic rings. The fourth-order valence-corrected chi connectivity index (χ4v) is 2.32. The van der Waals surface area contributed by atoms with Crippen molar-refractivity contribution in [2.45, 2.75) is 65.0 Å². The molecule has 0 saturated heterocycles. The maximum Gasteiger partial charge on any atom is 0.148 e. The predicted octanol–water partition coefficient (Wildman–Crippen LogP) is 3.52. The molecule has 3 nitrogen and oxygen atoms in total. The van der Waals surface area contributed by atoms with Gasteiger partial charge in [0.05, 0.1) is 6.04 Å². The standard InChI is InChI=1S/C13H23N3/c1-4-12(5-2)16-10(3)9-13(15-16)14-11-7-6-8-11/h9,11-12H,4-8H2,1-3H3,(H,14,15). The van der Waals surface area contributed by atoms with Crippen molar-refractivity contribution in [3.8, 4) is 0 Å². The SMILES string of the molecule is CCC(CC)n1nc(NC2CCC2)cc1C.